The minimum atomic E-state index is 0.733. The lowest BCUT2D eigenvalue weighted by molar-refractivity contribution is 0.303. The summed E-state index contributed by atoms with van der Waals surface area (Å²) in [5.41, 5.74) is 3.86. The number of hydrogen-bond donors (Lipinski definition) is 1. The van der Waals surface area contributed by atoms with Gasteiger partial charge in [-0.2, -0.15) is 4.98 Å². The lowest BCUT2D eigenvalue weighted by atomic mass is 10.00. The monoisotopic (exact) mass is 389 g/mol. The summed E-state index contributed by atoms with van der Waals surface area (Å²) in [7, 11) is 0. The summed E-state index contributed by atoms with van der Waals surface area (Å²) in [6, 6.07) is 17.1. The fourth-order valence-corrected chi connectivity index (χ4v) is 4.10. The first kappa shape index (κ1) is 19.6. The van der Waals surface area contributed by atoms with Crippen LogP contribution in [0.2, 0.25) is 0 Å². The van der Waals surface area contributed by atoms with Crippen LogP contribution in [0.3, 0.4) is 0 Å². The van der Waals surface area contributed by atoms with Crippen LogP contribution in [0.25, 0.3) is 10.9 Å². The minimum absolute atomic E-state index is 0.733. The van der Waals surface area contributed by atoms with E-state index < -0.39 is 0 Å². The molecule has 3 aromatic rings. The van der Waals surface area contributed by atoms with Gasteiger partial charge in [0, 0.05) is 25.0 Å². The number of nitrogens with one attached hydrogen (secondary N) is 1. The first-order valence-electron chi connectivity index (χ1n) is 10.8. The molecule has 0 fully saturated rings. The highest BCUT2D eigenvalue weighted by Crippen LogP contribution is 2.29. The zero-order valence-corrected chi connectivity index (χ0v) is 17.6. The lowest BCUT2D eigenvalue weighted by Gasteiger charge is -2.30. The van der Waals surface area contributed by atoms with Crippen LogP contribution >= 0.6 is 0 Å². The summed E-state index contributed by atoms with van der Waals surface area (Å²) in [4.78, 5) is 14.6. The Labute approximate surface area is 173 Å². The molecule has 152 valence electrons. The molecular weight excluding hydrogens is 358 g/mol. The molecule has 5 nitrogen and oxygen atoms in total. The second kappa shape index (κ2) is 9.23. The molecule has 0 amide bonds. The Bertz CT molecular complexity index is 951. The molecule has 0 saturated carbocycles. The van der Waals surface area contributed by atoms with Crippen LogP contribution in [0, 0.1) is 0 Å². The Morgan fingerprint density at radius 2 is 1.72 bits per heavy atom. The van der Waals surface area contributed by atoms with Crippen LogP contribution in [0.5, 0.6) is 0 Å². The predicted octanol–water partition coefficient (Wildman–Crippen LogP) is 4.34. The van der Waals surface area contributed by atoms with Gasteiger partial charge >= 0.3 is 0 Å². The number of nitrogens with zero attached hydrogens (tertiary/aromatic N) is 4. The van der Waals surface area contributed by atoms with E-state index >= 15 is 0 Å². The highest BCUT2D eigenvalue weighted by atomic mass is 15.2. The second-order valence-corrected chi connectivity index (χ2v) is 7.64. The standard InChI is InChI=1S/C24H31N5/c1-3-28(4-2)16-9-15-25-24-26-22-13-8-7-12-21(22)23(27-24)29-17-14-19-10-5-6-11-20(19)18-29/h5-8,10-13H,3-4,9,14-18H2,1-2H3,(H,25,26,27). The quantitative estimate of drug-likeness (QED) is 0.581. The summed E-state index contributed by atoms with van der Waals surface area (Å²) in [6.45, 7) is 10.5. The summed E-state index contributed by atoms with van der Waals surface area (Å²) in [5.74, 6) is 1.77. The van der Waals surface area contributed by atoms with Crippen LogP contribution in [-0.4, -0.2) is 47.6 Å². The summed E-state index contributed by atoms with van der Waals surface area (Å²) in [5, 5.41) is 4.59. The number of rotatable bonds is 8. The molecule has 5 heteroatoms. The van der Waals surface area contributed by atoms with Crippen LogP contribution in [0.4, 0.5) is 11.8 Å². The SMILES string of the molecule is CCN(CC)CCCNc1nc(N2CCc3ccccc3C2)c2ccccc2n1. The van der Waals surface area contributed by atoms with Gasteiger partial charge in [-0.25, -0.2) is 4.98 Å². The minimum Gasteiger partial charge on any atom is -0.354 e. The second-order valence-electron chi connectivity index (χ2n) is 7.64. The molecule has 0 unspecified atom stereocenters. The van der Waals surface area contributed by atoms with Crippen molar-refractivity contribution in [3.8, 4) is 0 Å². The van der Waals surface area contributed by atoms with Gasteiger partial charge in [-0.3, -0.25) is 0 Å². The molecule has 1 N–H and O–H groups in total. The Morgan fingerprint density at radius 1 is 0.966 bits per heavy atom. The molecule has 1 aliphatic rings. The number of benzene rings is 2. The van der Waals surface area contributed by atoms with Gasteiger partial charge in [-0.15, -0.1) is 0 Å². The molecule has 0 spiro atoms. The first-order chi connectivity index (χ1) is 14.3. The third-order valence-electron chi connectivity index (χ3n) is 5.84. The number of aromatic nitrogens is 2. The fraction of sp³-hybridized carbons (Fsp3) is 0.417. The smallest absolute Gasteiger partial charge is 0.225 e. The largest absolute Gasteiger partial charge is 0.354 e. The van der Waals surface area contributed by atoms with Crippen molar-refractivity contribution in [1.82, 2.24) is 14.9 Å². The number of hydrogen-bond acceptors (Lipinski definition) is 5. The summed E-state index contributed by atoms with van der Waals surface area (Å²) < 4.78 is 0. The zero-order valence-electron chi connectivity index (χ0n) is 17.6. The molecule has 0 saturated heterocycles. The van der Waals surface area contributed by atoms with Crippen molar-refractivity contribution >= 4 is 22.7 Å². The molecule has 1 aliphatic heterocycles. The maximum atomic E-state index is 4.94. The molecule has 0 aliphatic carbocycles. The number of anilines is 2. The molecule has 2 aromatic carbocycles. The van der Waals surface area contributed by atoms with Crippen molar-refractivity contribution in [2.45, 2.75) is 33.2 Å². The predicted molar refractivity (Wildman–Crippen MR) is 122 cm³/mol. The van der Waals surface area contributed by atoms with Crippen LogP contribution < -0.4 is 10.2 Å². The van der Waals surface area contributed by atoms with Crippen LogP contribution in [0.1, 0.15) is 31.4 Å². The lowest BCUT2D eigenvalue weighted by Crippen LogP contribution is -2.31. The molecule has 0 radical (unpaired) electrons. The number of fused-ring (bicyclic) bond motifs is 2. The maximum Gasteiger partial charge on any atom is 0.225 e. The highest BCUT2D eigenvalue weighted by Gasteiger charge is 2.20. The maximum absolute atomic E-state index is 4.94. The third kappa shape index (κ3) is 4.51. The number of para-hydroxylation sites is 1. The normalized spacial score (nSPS) is 13.7. The van der Waals surface area contributed by atoms with E-state index in [1.54, 1.807) is 0 Å². The van der Waals surface area contributed by atoms with Crippen molar-refractivity contribution in [3.63, 3.8) is 0 Å². The topological polar surface area (TPSA) is 44.3 Å². The van der Waals surface area contributed by atoms with Gasteiger partial charge in [0.05, 0.1) is 5.52 Å². The Morgan fingerprint density at radius 3 is 2.55 bits per heavy atom. The Balaban J connectivity index is 1.54. The molecule has 0 bridgehead atoms. The van der Waals surface area contributed by atoms with E-state index in [-0.39, 0.29) is 0 Å². The Hall–Kier alpha value is -2.66. The van der Waals surface area contributed by atoms with Gasteiger partial charge in [-0.05, 0) is 55.7 Å². The van der Waals surface area contributed by atoms with Crippen molar-refractivity contribution < 1.29 is 0 Å². The van der Waals surface area contributed by atoms with E-state index in [4.69, 9.17) is 9.97 Å². The molecule has 29 heavy (non-hydrogen) atoms. The van der Waals surface area contributed by atoms with Crippen LogP contribution in [-0.2, 0) is 13.0 Å². The van der Waals surface area contributed by atoms with E-state index in [1.807, 2.05) is 0 Å². The van der Waals surface area contributed by atoms with Crippen molar-refractivity contribution in [2.24, 2.45) is 0 Å². The van der Waals surface area contributed by atoms with Gasteiger partial charge in [0.15, 0.2) is 0 Å². The van der Waals surface area contributed by atoms with Gasteiger partial charge in [0.25, 0.3) is 0 Å². The van der Waals surface area contributed by atoms with E-state index in [0.29, 0.717) is 0 Å². The van der Waals surface area contributed by atoms with Crippen molar-refractivity contribution in [1.29, 1.82) is 0 Å². The van der Waals surface area contributed by atoms with E-state index in [0.717, 1.165) is 74.8 Å². The third-order valence-corrected chi connectivity index (χ3v) is 5.84. The molecular formula is C24H31N5. The summed E-state index contributed by atoms with van der Waals surface area (Å²) in [6.07, 6.45) is 2.14. The van der Waals surface area contributed by atoms with Crippen molar-refractivity contribution in [3.05, 3.63) is 59.7 Å². The van der Waals surface area contributed by atoms with Gasteiger partial charge < -0.3 is 15.1 Å². The summed E-state index contributed by atoms with van der Waals surface area (Å²) >= 11 is 0. The van der Waals surface area contributed by atoms with E-state index in [1.165, 1.54) is 11.1 Å². The van der Waals surface area contributed by atoms with E-state index in [9.17, 15) is 0 Å². The Kier molecular flexibility index (Phi) is 6.25. The molecule has 2 heterocycles. The van der Waals surface area contributed by atoms with E-state index in [2.05, 4.69) is 77.5 Å². The molecule has 1 aromatic heterocycles. The highest BCUT2D eigenvalue weighted by molar-refractivity contribution is 5.90. The van der Waals surface area contributed by atoms with Gasteiger partial charge in [0.2, 0.25) is 5.95 Å². The van der Waals surface area contributed by atoms with Gasteiger partial charge in [-0.1, -0.05) is 50.2 Å². The average molecular weight is 390 g/mol. The van der Waals surface area contributed by atoms with Crippen LogP contribution in [0.15, 0.2) is 48.5 Å². The zero-order chi connectivity index (χ0) is 20.1. The van der Waals surface area contributed by atoms with Crippen molar-refractivity contribution in [2.75, 3.05) is 42.9 Å². The molecule has 4 rings (SSSR count). The first-order valence-corrected chi connectivity index (χ1v) is 10.8. The average Bonchev–Trinajstić information content (AvgIpc) is 2.78. The van der Waals surface area contributed by atoms with Gasteiger partial charge in [0.1, 0.15) is 5.82 Å². The molecule has 0 atom stereocenters. The fourth-order valence-electron chi connectivity index (χ4n) is 4.10.